The predicted molar refractivity (Wildman–Crippen MR) is 48.5 cm³/mol. The first-order valence-electron chi connectivity index (χ1n) is 3.54. The molecule has 0 fully saturated rings. The fraction of sp³-hybridized carbons (Fsp3) is 0.500. The molecule has 0 nitrogen and oxygen atoms in total. The molecule has 0 radical (unpaired) electrons. The molecule has 0 atom stereocenters. The number of hydrogen-bond donors (Lipinski definition) is 0. The molecule has 0 saturated carbocycles. The van der Waals surface area contributed by atoms with E-state index < -0.39 is 0 Å². The standard InChI is InChI=1S/C8H12.2ClH.Pd/c1-2-4-6-8-7-5-3-1;;;/h1-2,5,7H,3-4,6,8H2;2*1H;/q;;;+2/p-2. The molecule has 1 aliphatic carbocycles. The van der Waals surface area contributed by atoms with Crippen molar-refractivity contribution in [3.63, 3.8) is 0 Å². The third kappa shape index (κ3) is 10.7. The Morgan fingerprint density at radius 3 is 1.82 bits per heavy atom. The van der Waals surface area contributed by atoms with Gasteiger partial charge in [0.25, 0.3) is 0 Å². The van der Waals surface area contributed by atoms with Gasteiger partial charge >= 0.3 is 35.0 Å². The van der Waals surface area contributed by atoms with Gasteiger partial charge in [-0.3, -0.25) is 0 Å². The van der Waals surface area contributed by atoms with Crippen molar-refractivity contribution in [3.8, 4) is 0 Å². The van der Waals surface area contributed by atoms with Crippen LogP contribution in [0.3, 0.4) is 0 Å². The average molecular weight is 286 g/mol. The van der Waals surface area contributed by atoms with Crippen molar-refractivity contribution < 1.29 is 15.9 Å². The van der Waals surface area contributed by atoms with Crippen LogP contribution in [0.15, 0.2) is 24.3 Å². The molecule has 0 aromatic rings. The summed E-state index contributed by atoms with van der Waals surface area (Å²) >= 11 is -0.106. The van der Waals surface area contributed by atoms with Crippen LogP contribution in [0.4, 0.5) is 0 Å². The molecule has 11 heavy (non-hydrogen) atoms. The molecule has 0 bridgehead atoms. The number of hydrogen-bond acceptors (Lipinski definition) is 0. The van der Waals surface area contributed by atoms with Crippen LogP contribution in [0, 0.1) is 0 Å². The van der Waals surface area contributed by atoms with Gasteiger partial charge in [0, 0.05) is 0 Å². The summed E-state index contributed by atoms with van der Waals surface area (Å²) in [5, 5.41) is 0. The Balaban J connectivity index is 0.000000292. The van der Waals surface area contributed by atoms with E-state index in [9.17, 15) is 0 Å². The second-order valence-electron chi connectivity index (χ2n) is 2.15. The molecular weight excluding hydrogens is 273 g/mol. The second kappa shape index (κ2) is 10.7. The van der Waals surface area contributed by atoms with E-state index in [1.54, 1.807) is 0 Å². The molecular formula is C8H12Cl2Pd. The Kier molecular flexibility index (Phi) is 11.4. The van der Waals surface area contributed by atoms with Gasteiger partial charge in [-0.05, 0) is 25.7 Å². The Hall–Kier alpha value is 0.722. The summed E-state index contributed by atoms with van der Waals surface area (Å²) in [6, 6.07) is 0. The molecule has 0 saturated heterocycles. The maximum atomic E-state index is 4.81. The van der Waals surface area contributed by atoms with Crippen LogP contribution in [0.5, 0.6) is 0 Å². The first kappa shape index (κ1) is 11.7. The molecule has 3 heteroatoms. The molecule has 0 spiro atoms. The van der Waals surface area contributed by atoms with E-state index in [2.05, 4.69) is 24.3 Å². The number of rotatable bonds is 0. The van der Waals surface area contributed by atoms with E-state index in [-0.39, 0.29) is 15.9 Å². The predicted octanol–water partition coefficient (Wildman–Crippen LogP) is 4.05. The topological polar surface area (TPSA) is 0 Å². The third-order valence-corrected chi connectivity index (χ3v) is 1.35. The van der Waals surface area contributed by atoms with Gasteiger partial charge in [-0.2, -0.15) is 0 Å². The van der Waals surface area contributed by atoms with Crippen molar-refractivity contribution in [3.05, 3.63) is 24.3 Å². The zero-order valence-corrected chi connectivity index (χ0v) is 9.28. The van der Waals surface area contributed by atoms with Crippen LogP contribution in [-0.4, -0.2) is 0 Å². The Morgan fingerprint density at radius 1 is 0.909 bits per heavy atom. The first-order chi connectivity index (χ1) is 5.41. The van der Waals surface area contributed by atoms with Gasteiger partial charge in [-0.15, -0.1) is 0 Å². The van der Waals surface area contributed by atoms with Crippen molar-refractivity contribution in [1.29, 1.82) is 0 Å². The Morgan fingerprint density at radius 2 is 1.36 bits per heavy atom. The summed E-state index contributed by atoms with van der Waals surface area (Å²) in [4.78, 5) is 0. The summed E-state index contributed by atoms with van der Waals surface area (Å²) in [5.41, 5.74) is 0. The molecule has 1 rings (SSSR count). The molecule has 0 unspecified atom stereocenters. The fourth-order valence-corrected chi connectivity index (χ4v) is 0.860. The van der Waals surface area contributed by atoms with E-state index in [0.29, 0.717) is 0 Å². The van der Waals surface area contributed by atoms with Crippen LogP contribution >= 0.6 is 19.1 Å². The van der Waals surface area contributed by atoms with E-state index in [1.165, 1.54) is 19.3 Å². The van der Waals surface area contributed by atoms with Crippen molar-refractivity contribution in [1.82, 2.24) is 0 Å². The fourth-order valence-electron chi connectivity index (χ4n) is 0.860. The third-order valence-electron chi connectivity index (χ3n) is 1.35. The minimum atomic E-state index is -0.106. The normalized spacial score (nSPS) is 16.5. The van der Waals surface area contributed by atoms with Crippen LogP contribution in [-0.2, 0) is 15.9 Å². The second-order valence-corrected chi connectivity index (χ2v) is 4.51. The van der Waals surface area contributed by atoms with Gasteiger partial charge in [0.15, 0.2) is 0 Å². The van der Waals surface area contributed by atoms with Crippen molar-refractivity contribution >= 4 is 19.1 Å². The number of halogens is 2. The molecule has 0 aliphatic heterocycles. The van der Waals surface area contributed by atoms with Gasteiger partial charge in [-0.25, -0.2) is 0 Å². The summed E-state index contributed by atoms with van der Waals surface area (Å²) in [7, 11) is 9.63. The summed E-state index contributed by atoms with van der Waals surface area (Å²) in [5.74, 6) is 0. The monoisotopic (exact) mass is 284 g/mol. The van der Waals surface area contributed by atoms with Gasteiger partial charge < -0.3 is 0 Å². The van der Waals surface area contributed by atoms with Crippen molar-refractivity contribution in [2.24, 2.45) is 0 Å². The van der Waals surface area contributed by atoms with Crippen LogP contribution in [0.2, 0.25) is 0 Å². The van der Waals surface area contributed by atoms with Gasteiger partial charge in [-0.1, -0.05) is 24.3 Å². The summed E-state index contributed by atoms with van der Waals surface area (Å²) < 4.78 is 0. The molecule has 1 aliphatic rings. The van der Waals surface area contributed by atoms with Gasteiger partial charge in [0.05, 0.1) is 0 Å². The Labute approximate surface area is 84.8 Å². The first-order valence-corrected chi connectivity index (χ1v) is 7.54. The minimum absolute atomic E-state index is 0.106. The SMILES string of the molecule is C1=CCCCC=CC1.[Cl][Pd][Cl]. The quantitative estimate of drug-likeness (QED) is 0.465. The Bertz CT molecular complexity index is 109. The summed E-state index contributed by atoms with van der Waals surface area (Å²) in [6.07, 6.45) is 14.0. The molecule has 68 valence electrons. The van der Waals surface area contributed by atoms with Crippen LogP contribution < -0.4 is 0 Å². The van der Waals surface area contributed by atoms with Crippen LogP contribution in [0.25, 0.3) is 0 Å². The van der Waals surface area contributed by atoms with Gasteiger partial charge in [0.2, 0.25) is 0 Å². The number of allylic oxidation sites excluding steroid dienone is 4. The van der Waals surface area contributed by atoms with Gasteiger partial charge in [0.1, 0.15) is 0 Å². The average Bonchev–Trinajstić information content (AvgIpc) is 1.86. The zero-order chi connectivity index (χ0) is 8.36. The molecule has 0 amide bonds. The van der Waals surface area contributed by atoms with E-state index in [1.807, 2.05) is 0 Å². The van der Waals surface area contributed by atoms with Crippen LogP contribution in [0.1, 0.15) is 25.7 Å². The maximum absolute atomic E-state index is 4.81. The molecule has 0 heterocycles. The van der Waals surface area contributed by atoms with Crippen molar-refractivity contribution in [2.75, 3.05) is 0 Å². The zero-order valence-electron chi connectivity index (χ0n) is 6.21. The van der Waals surface area contributed by atoms with E-state index in [4.69, 9.17) is 19.1 Å². The molecule has 0 aromatic carbocycles. The summed E-state index contributed by atoms with van der Waals surface area (Å²) in [6.45, 7) is 0. The van der Waals surface area contributed by atoms with E-state index in [0.717, 1.165) is 6.42 Å². The molecule has 0 aromatic heterocycles. The van der Waals surface area contributed by atoms with E-state index >= 15 is 0 Å². The molecule has 0 N–H and O–H groups in total. The van der Waals surface area contributed by atoms with Crippen molar-refractivity contribution in [2.45, 2.75) is 25.7 Å².